The number of hydrogen-bond donors (Lipinski definition) is 1. The number of ether oxygens (including phenoxy) is 1. The molecule has 0 aliphatic carbocycles. The third-order valence-electron chi connectivity index (χ3n) is 3.14. The Balaban J connectivity index is 1.95. The van der Waals surface area contributed by atoms with E-state index in [0.717, 1.165) is 27.8 Å². The van der Waals surface area contributed by atoms with Gasteiger partial charge in [-0.25, -0.2) is 0 Å². The highest BCUT2D eigenvalue weighted by Crippen LogP contribution is 2.29. The molecule has 0 saturated carbocycles. The molecule has 2 N–H and O–H groups in total. The first-order valence-corrected chi connectivity index (χ1v) is 6.24. The van der Waals surface area contributed by atoms with E-state index in [1.54, 1.807) is 6.26 Å². The van der Waals surface area contributed by atoms with Crippen LogP contribution in [0.5, 0.6) is 5.75 Å². The van der Waals surface area contributed by atoms with Crippen molar-refractivity contribution in [3.63, 3.8) is 0 Å². The average molecular weight is 253 g/mol. The van der Waals surface area contributed by atoms with Gasteiger partial charge in [0.2, 0.25) is 0 Å². The van der Waals surface area contributed by atoms with E-state index in [4.69, 9.17) is 14.9 Å². The summed E-state index contributed by atoms with van der Waals surface area (Å²) in [6.45, 7) is 0.956. The molecule has 3 aromatic rings. The van der Waals surface area contributed by atoms with Gasteiger partial charge in [-0.2, -0.15) is 0 Å². The van der Waals surface area contributed by atoms with Gasteiger partial charge in [0.1, 0.15) is 18.1 Å². The van der Waals surface area contributed by atoms with Crippen LogP contribution in [0.25, 0.3) is 10.8 Å². The van der Waals surface area contributed by atoms with Gasteiger partial charge in [-0.1, -0.05) is 30.3 Å². The standard InChI is InChI=1S/C16H15NO2/c17-10-12-7-8-16(15-6-2-1-5-14(12)15)19-11-13-4-3-9-18-13/h1-9H,10-11,17H2. The quantitative estimate of drug-likeness (QED) is 0.774. The summed E-state index contributed by atoms with van der Waals surface area (Å²) in [5, 5.41) is 2.22. The molecule has 19 heavy (non-hydrogen) atoms. The number of hydrogen-bond acceptors (Lipinski definition) is 3. The first-order chi connectivity index (χ1) is 9.38. The molecule has 0 radical (unpaired) electrons. The minimum absolute atomic E-state index is 0.430. The maximum Gasteiger partial charge on any atom is 0.146 e. The van der Waals surface area contributed by atoms with Crippen LogP contribution in [0.1, 0.15) is 11.3 Å². The van der Waals surface area contributed by atoms with Crippen molar-refractivity contribution in [1.82, 2.24) is 0 Å². The lowest BCUT2D eigenvalue weighted by atomic mass is 10.0. The third kappa shape index (κ3) is 2.33. The molecular formula is C16H15NO2. The smallest absolute Gasteiger partial charge is 0.146 e. The highest BCUT2D eigenvalue weighted by atomic mass is 16.5. The minimum atomic E-state index is 0.430. The molecule has 1 heterocycles. The summed E-state index contributed by atoms with van der Waals surface area (Å²) in [6.07, 6.45) is 1.65. The summed E-state index contributed by atoms with van der Waals surface area (Å²) < 4.78 is 11.1. The van der Waals surface area contributed by atoms with Gasteiger partial charge in [-0.15, -0.1) is 0 Å². The van der Waals surface area contributed by atoms with Crippen LogP contribution >= 0.6 is 0 Å². The monoisotopic (exact) mass is 253 g/mol. The number of nitrogens with two attached hydrogens (primary N) is 1. The summed E-state index contributed by atoms with van der Waals surface area (Å²) in [5.41, 5.74) is 6.89. The molecule has 3 heteroatoms. The number of furan rings is 1. The van der Waals surface area contributed by atoms with E-state index in [9.17, 15) is 0 Å². The normalized spacial score (nSPS) is 10.8. The van der Waals surface area contributed by atoms with Crippen molar-refractivity contribution >= 4 is 10.8 Å². The van der Waals surface area contributed by atoms with Crippen molar-refractivity contribution in [2.75, 3.05) is 0 Å². The fourth-order valence-electron chi connectivity index (χ4n) is 2.18. The van der Waals surface area contributed by atoms with E-state index in [-0.39, 0.29) is 0 Å². The fraction of sp³-hybridized carbons (Fsp3) is 0.125. The molecule has 0 spiro atoms. The lowest BCUT2D eigenvalue weighted by Crippen LogP contribution is -1.99. The van der Waals surface area contributed by atoms with Crippen molar-refractivity contribution in [2.24, 2.45) is 5.73 Å². The Labute approximate surface area is 111 Å². The van der Waals surface area contributed by atoms with Gasteiger partial charge in [0.25, 0.3) is 0 Å². The lowest BCUT2D eigenvalue weighted by Gasteiger charge is -2.11. The van der Waals surface area contributed by atoms with Crippen molar-refractivity contribution in [1.29, 1.82) is 0 Å². The van der Waals surface area contributed by atoms with E-state index >= 15 is 0 Å². The molecular weight excluding hydrogens is 238 g/mol. The van der Waals surface area contributed by atoms with E-state index in [1.165, 1.54) is 0 Å². The molecule has 0 aliphatic heterocycles. The van der Waals surface area contributed by atoms with Crippen molar-refractivity contribution in [2.45, 2.75) is 13.2 Å². The summed E-state index contributed by atoms with van der Waals surface area (Å²) in [6, 6.07) is 15.9. The van der Waals surface area contributed by atoms with Crippen molar-refractivity contribution in [3.05, 3.63) is 66.1 Å². The van der Waals surface area contributed by atoms with Crippen LogP contribution in [0.4, 0.5) is 0 Å². The van der Waals surface area contributed by atoms with Crippen LogP contribution in [0.2, 0.25) is 0 Å². The second kappa shape index (κ2) is 5.16. The molecule has 96 valence electrons. The van der Waals surface area contributed by atoms with Crippen LogP contribution in [-0.4, -0.2) is 0 Å². The van der Waals surface area contributed by atoms with Crippen LogP contribution in [0, 0.1) is 0 Å². The van der Waals surface area contributed by atoms with E-state index in [0.29, 0.717) is 13.2 Å². The molecule has 1 aromatic heterocycles. The zero-order valence-electron chi connectivity index (χ0n) is 10.5. The zero-order valence-corrected chi connectivity index (χ0v) is 10.5. The molecule has 0 atom stereocenters. The van der Waals surface area contributed by atoms with Crippen LogP contribution < -0.4 is 10.5 Å². The summed E-state index contributed by atoms with van der Waals surface area (Å²) in [7, 11) is 0. The average Bonchev–Trinajstić information content (AvgIpc) is 2.98. The Morgan fingerprint density at radius 1 is 0.947 bits per heavy atom. The largest absolute Gasteiger partial charge is 0.485 e. The van der Waals surface area contributed by atoms with Crippen LogP contribution in [-0.2, 0) is 13.2 Å². The molecule has 0 unspecified atom stereocenters. The lowest BCUT2D eigenvalue weighted by molar-refractivity contribution is 0.273. The first kappa shape index (κ1) is 11.8. The Morgan fingerprint density at radius 3 is 2.53 bits per heavy atom. The maximum absolute atomic E-state index is 5.83. The molecule has 3 nitrogen and oxygen atoms in total. The molecule has 0 fully saturated rings. The Hall–Kier alpha value is -2.26. The topological polar surface area (TPSA) is 48.4 Å². The van der Waals surface area contributed by atoms with Gasteiger partial charge < -0.3 is 14.9 Å². The Morgan fingerprint density at radius 2 is 1.79 bits per heavy atom. The van der Waals surface area contributed by atoms with Gasteiger partial charge in [0, 0.05) is 11.9 Å². The SMILES string of the molecule is NCc1ccc(OCc2ccco2)c2ccccc12. The zero-order chi connectivity index (χ0) is 13.1. The van der Waals surface area contributed by atoms with Gasteiger partial charge >= 0.3 is 0 Å². The predicted molar refractivity (Wildman–Crippen MR) is 74.9 cm³/mol. The van der Waals surface area contributed by atoms with E-state index in [1.807, 2.05) is 42.5 Å². The van der Waals surface area contributed by atoms with Crippen molar-refractivity contribution < 1.29 is 9.15 Å². The summed E-state index contributed by atoms with van der Waals surface area (Å²) in [4.78, 5) is 0. The highest BCUT2D eigenvalue weighted by Gasteiger charge is 2.06. The van der Waals surface area contributed by atoms with Crippen molar-refractivity contribution in [3.8, 4) is 5.75 Å². The molecule has 0 amide bonds. The van der Waals surface area contributed by atoms with E-state index < -0.39 is 0 Å². The Kier molecular flexibility index (Phi) is 3.21. The second-order valence-corrected chi connectivity index (χ2v) is 4.34. The Bertz CT molecular complexity index is 674. The minimum Gasteiger partial charge on any atom is -0.485 e. The highest BCUT2D eigenvalue weighted by molar-refractivity contribution is 5.91. The van der Waals surface area contributed by atoms with Gasteiger partial charge in [-0.3, -0.25) is 0 Å². The molecule has 0 bridgehead atoms. The molecule has 3 rings (SSSR count). The molecule has 0 saturated heterocycles. The van der Waals surface area contributed by atoms with Crippen LogP contribution in [0.3, 0.4) is 0 Å². The second-order valence-electron chi connectivity index (χ2n) is 4.34. The third-order valence-corrected chi connectivity index (χ3v) is 3.14. The molecule has 0 aliphatic rings. The van der Waals surface area contributed by atoms with E-state index in [2.05, 4.69) is 6.07 Å². The van der Waals surface area contributed by atoms with Gasteiger partial charge in [-0.05, 0) is 29.1 Å². The van der Waals surface area contributed by atoms with Gasteiger partial charge in [0.15, 0.2) is 0 Å². The molecule has 2 aromatic carbocycles. The fourth-order valence-corrected chi connectivity index (χ4v) is 2.18. The predicted octanol–water partition coefficient (Wildman–Crippen LogP) is 3.47. The number of benzene rings is 2. The number of rotatable bonds is 4. The summed E-state index contributed by atoms with van der Waals surface area (Å²) in [5.74, 6) is 1.66. The van der Waals surface area contributed by atoms with Gasteiger partial charge in [0.05, 0.1) is 6.26 Å². The maximum atomic E-state index is 5.83. The number of fused-ring (bicyclic) bond motifs is 1. The van der Waals surface area contributed by atoms with Crippen LogP contribution in [0.15, 0.2) is 59.2 Å². The first-order valence-electron chi connectivity index (χ1n) is 6.24. The summed E-state index contributed by atoms with van der Waals surface area (Å²) >= 11 is 0.